The number of halogens is 2. The zero-order valence-corrected chi connectivity index (χ0v) is 30.9. The van der Waals surface area contributed by atoms with Gasteiger partial charge in [-0.1, -0.05) is 112 Å². The fourth-order valence-corrected chi connectivity index (χ4v) is 9.30. The maximum Gasteiger partial charge on any atom is 0.407 e. The van der Waals surface area contributed by atoms with Crippen molar-refractivity contribution in [3.8, 4) is 0 Å². The van der Waals surface area contributed by atoms with Gasteiger partial charge < -0.3 is 20.6 Å². The highest BCUT2D eigenvalue weighted by atomic mass is 32.2. The van der Waals surface area contributed by atoms with Crippen LogP contribution in [0.1, 0.15) is 22.4 Å². The molecular formula is C36H27F2N7O5S4. The predicted molar refractivity (Wildman–Crippen MR) is 203 cm³/mol. The maximum absolute atomic E-state index is 13.7. The van der Waals surface area contributed by atoms with Crippen LogP contribution in [0.25, 0.3) is 0 Å². The van der Waals surface area contributed by atoms with Gasteiger partial charge in [0.1, 0.15) is 32.6 Å². The lowest BCUT2D eigenvalue weighted by Crippen LogP contribution is -2.71. The summed E-state index contributed by atoms with van der Waals surface area (Å²) < 4.78 is 31.1. The molecule has 2 aliphatic rings. The number of benzene rings is 3. The van der Waals surface area contributed by atoms with Gasteiger partial charge in [-0.2, -0.15) is 8.78 Å². The van der Waals surface area contributed by atoms with E-state index in [1.54, 1.807) is 17.7 Å². The van der Waals surface area contributed by atoms with Gasteiger partial charge in [-0.15, -0.1) is 28.2 Å². The number of aromatic nitrogens is 3. The van der Waals surface area contributed by atoms with Crippen molar-refractivity contribution >= 4 is 75.0 Å². The van der Waals surface area contributed by atoms with Crippen molar-refractivity contribution in [3.63, 3.8) is 0 Å². The molecule has 0 radical (unpaired) electrons. The molecule has 54 heavy (non-hydrogen) atoms. The van der Waals surface area contributed by atoms with E-state index in [0.717, 1.165) is 37.1 Å². The number of allylic oxidation sites excluding steroid dienone is 1. The van der Waals surface area contributed by atoms with E-state index in [1.165, 1.54) is 40.4 Å². The Morgan fingerprint density at radius 2 is 1.65 bits per heavy atom. The number of anilines is 1. The van der Waals surface area contributed by atoms with Gasteiger partial charge in [0.2, 0.25) is 0 Å². The summed E-state index contributed by atoms with van der Waals surface area (Å²) in [6.07, 6.45) is 3.18. The number of aliphatic carboxylic acids is 1. The second kappa shape index (κ2) is 16.3. The van der Waals surface area contributed by atoms with E-state index in [-0.39, 0.29) is 17.1 Å². The Morgan fingerprint density at radius 1 is 1.02 bits per heavy atom. The number of hydrogen-bond acceptors (Lipinski definition) is 13. The quantitative estimate of drug-likeness (QED) is 0.0376. The molecule has 2 atom stereocenters. The Balaban J connectivity index is 1.15. The first-order chi connectivity index (χ1) is 26.3. The summed E-state index contributed by atoms with van der Waals surface area (Å²) in [4.78, 5) is 49.3. The number of β-lactam (4-membered cyclic amide) rings is 1. The second-order valence-corrected chi connectivity index (χ2v) is 15.5. The molecule has 2 aliphatic heterocycles. The van der Waals surface area contributed by atoms with Crippen LogP contribution in [0.5, 0.6) is 0 Å². The number of nitrogens with one attached hydrogen (secondary N) is 2. The van der Waals surface area contributed by atoms with Gasteiger partial charge in [-0.05, 0) is 45.3 Å². The number of carbonyl (C=O) groups excluding carboxylic acids is 2. The van der Waals surface area contributed by atoms with E-state index in [2.05, 4.69) is 35.2 Å². The van der Waals surface area contributed by atoms with Crippen molar-refractivity contribution in [2.45, 2.75) is 27.8 Å². The average molecular weight is 804 g/mol. The predicted octanol–water partition coefficient (Wildman–Crippen LogP) is 6.39. The van der Waals surface area contributed by atoms with E-state index in [0.29, 0.717) is 10.7 Å². The minimum atomic E-state index is -3.35. The van der Waals surface area contributed by atoms with Gasteiger partial charge in [0, 0.05) is 11.1 Å². The monoisotopic (exact) mass is 803 g/mol. The van der Waals surface area contributed by atoms with Crippen molar-refractivity contribution < 1.29 is 33.1 Å². The van der Waals surface area contributed by atoms with E-state index in [1.807, 2.05) is 91.0 Å². The third kappa shape index (κ3) is 7.50. The fourth-order valence-electron chi connectivity index (χ4n) is 6.05. The number of amides is 2. The highest BCUT2D eigenvalue weighted by Crippen LogP contribution is 2.42. The summed E-state index contributed by atoms with van der Waals surface area (Å²) in [5, 5.41) is 26.1. The zero-order chi connectivity index (χ0) is 37.7. The molecule has 0 saturated carbocycles. The van der Waals surface area contributed by atoms with Gasteiger partial charge in [0.25, 0.3) is 11.8 Å². The smallest absolute Gasteiger partial charge is 0.407 e. The van der Waals surface area contributed by atoms with Gasteiger partial charge in [-0.3, -0.25) is 14.5 Å². The van der Waals surface area contributed by atoms with Crippen LogP contribution in [-0.2, 0) is 24.8 Å². The Labute approximate surface area is 323 Å². The Morgan fingerprint density at radius 3 is 2.20 bits per heavy atom. The third-order valence-corrected chi connectivity index (χ3v) is 12.0. The molecule has 0 unspecified atom stereocenters. The Kier molecular flexibility index (Phi) is 11.1. The summed E-state index contributed by atoms with van der Waals surface area (Å²) in [5.74, 6) is -2.78. The lowest BCUT2D eigenvalue weighted by molar-refractivity contribution is -0.150. The molecule has 5 aromatic rings. The molecule has 274 valence electrons. The normalized spacial score (nSPS) is 17.4. The minimum absolute atomic E-state index is 0.0872. The van der Waals surface area contributed by atoms with Crippen LogP contribution < -0.4 is 10.6 Å². The molecular weight excluding hydrogens is 777 g/mol. The first-order valence-electron chi connectivity index (χ1n) is 16.0. The Bertz CT molecular complexity index is 2130. The van der Waals surface area contributed by atoms with Crippen LogP contribution in [0.2, 0.25) is 0 Å². The SMILES string of the molecule is O=C(O)C1=C(/C=C/Sc2cnns2)CS[C@@H]2[C@H](NC(=O)C(=NOC(F)F)c3csc(NC(c4ccccc4)(c4ccccc4)c4ccccc4)n3)C(=O)N12. The van der Waals surface area contributed by atoms with Crippen molar-refractivity contribution in [2.75, 3.05) is 11.1 Å². The van der Waals surface area contributed by atoms with E-state index in [9.17, 15) is 28.3 Å². The van der Waals surface area contributed by atoms with Gasteiger partial charge in [-0.25, -0.2) is 9.78 Å². The summed E-state index contributed by atoms with van der Waals surface area (Å²) in [6, 6.07) is 27.9. The lowest BCUT2D eigenvalue weighted by atomic mass is 9.77. The van der Waals surface area contributed by atoms with Gasteiger partial charge in [0.05, 0.1) is 6.20 Å². The standard InChI is InChI=1S/C36H27F2N7O5S4/c37-34(38)50-43-27(30(46)41-28-31(47)45-29(33(48)49)21(19-52-32(28)45)16-17-51-26-18-39-44-54-26)25-20-53-35(40-25)42-36(22-10-4-1-5-11-22,23-12-6-2-7-13-23)24-14-8-3-9-15-24/h1-18,20,28,32,34H,19H2,(H,40,42)(H,41,46)(H,48,49)/b17-16+,43-27?/t28-,32-/m1/s1. The second-order valence-electron chi connectivity index (χ2n) is 11.5. The van der Waals surface area contributed by atoms with E-state index in [4.69, 9.17) is 0 Å². The minimum Gasteiger partial charge on any atom is -0.477 e. The number of thioether (sulfide) groups is 2. The third-order valence-electron chi connectivity index (χ3n) is 8.38. The number of rotatable bonds is 14. The molecule has 0 spiro atoms. The summed E-state index contributed by atoms with van der Waals surface area (Å²) in [7, 11) is 0. The number of carbonyl (C=O) groups is 3. The number of carboxylic acid groups (broad SMARTS) is 1. The van der Waals surface area contributed by atoms with Crippen molar-refractivity contribution in [1.29, 1.82) is 0 Å². The maximum atomic E-state index is 13.7. The van der Waals surface area contributed by atoms with Crippen molar-refractivity contribution in [1.82, 2.24) is 24.8 Å². The molecule has 3 aromatic carbocycles. The first-order valence-corrected chi connectivity index (χ1v) is 19.6. The van der Waals surface area contributed by atoms with Gasteiger partial charge >= 0.3 is 12.6 Å². The number of fused-ring (bicyclic) bond motifs is 1. The topological polar surface area (TPSA) is 159 Å². The Hall–Kier alpha value is -5.43. The van der Waals surface area contributed by atoms with Crippen LogP contribution in [0.3, 0.4) is 0 Å². The molecule has 1 saturated heterocycles. The number of thiazole rings is 1. The number of alkyl halides is 2. The molecule has 4 heterocycles. The van der Waals surface area contributed by atoms with E-state index >= 15 is 0 Å². The molecule has 2 aromatic heterocycles. The molecule has 18 heteroatoms. The summed E-state index contributed by atoms with van der Waals surface area (Å²) in [5.41, 5.74) is 1.19. The highest BCUT2D eigenvalue weighted by Gasteiger charge is 2.54. The lowest BCUT2D eigenvalue weighted by Gasteiger charge is -2.49. The molecule has 7 rings (SSSR count). The van der Waals surface area contributed by atoms with Crippen molar-refractivity contribution in [2.24, 2.45) is 5.16 Å². The number of nitrogens with zero attached hydrogens (tertiary/aromatic N) is 5. The summed E-state index contributed by atoms with van der Waals surface area (Å²) in [6.45, 7) is -3.35. The molecule has 0 bridgehead atoms. The van der Waals surface area contributed by atoms with Crippen LogP contribution in [0, 0.1) is 0 Å². The number of oxime groups is 1. The zero-order valence-electron chi connectivity index (χ0n) is 27.6. The van der Waals surface area contributed by atoms with E-state index < -0.39 is 47.1 Å². The fraction of sp³-hybridized carbons (Fsp3) is 0.139. The summed E-state index contributed by atoms with van der Waals surface area (Å²) >= 11 is 4.84. The van der Waals surface area contributed by atoms with Crippen molar-refractivity contribution in [3.05, 3.63) is 148 Å². The largest absolute Gasteiger partial charge is 0.477 e. The molecule has 12 nitrogen and oxygen atoms in total. The molecule has 1 fully saturated rings. The van der Waals surface area contributed by atoms with Crippen LogP contribution in [-0.4, -0.2) is 71.9 Å². The average Bonchev–Trinajstić information content (AvgIpc) is 3.89. The molecule has 0 aliphatic carbocycles. The van der Waals surface area contributed by atoms with Crippen LogP contribution in [0.15, 0.2) is 135 Å². The first kappa shape index (κ1) is 36.9. The van der Waals surface area contributed by atoms with Crippen LogP contribution >= 0.6 is 46.4 Å². The molecule has 2 amide bonds. The highest BCUT2D eigenvalue weighted by molar-refractivity contribution is 8.03. The van der Waals surface area contributed by atoms with Gasteiger partial charge in [0.15, 0.2) is 10.8 Å². The van der Waals surface area contributed by atoms with Crippen LogP contribution in [0.4, 0.5) is 13.9 Å². The number of carboxylic acids is 1. The molecule has 3 N–H and O–H groups in total. The number of hydrogen-bond donors (Lipinski definition) is 3.